The summed E-state index contributed by atoms with van der Waals surface area (Å²) in [6.07, 6.45) is 3.72. The van der Waals surface area contributed by atoms with Crippen LogP contribution < -0.4 is 10.5 Å². The third-order valence-electron chi connectivity index (χ3n) is 3.27. The number of ether oxygens (including phenoxy) is 1. The monoisotopic (exact) mass is 274 g/mol. The number of benzene rings is 1. The summed E-state index contributed by atoms with van der Waals surface area (Å²) in [6, 6.07) is 10.5. The van der Waals surface area contributed by atoms with Gasteiger partial charge in [0.1, 0.15) is 5.75 Å². The average molecular weight is 274 g/mol. The highest BCUT2D eigenvalue weighted by atomic mass is 16.5. The number of nitrogens with two attached hydrogens (primary N) is 1. The quantitative estimate of drug-likeness (QED) is 0.736. The molecule has 0 saturated carbocycles. The lowest BCUT2D eigenvalue weighted by atomic mass is 9.89. The molecule has 2 N–H and O–H groups in total. The average Bonchev–Trinajstić information content (AvgIpc) is 2.39. The van der Waals surface area contributed by atoms with Gasteiger partial charge in [-0.25, -0.2) is 0 Å². The lowest BCUT2D eigenvalue weighted by Gasteiger charge is -2.15. The molecule has 0 aliphatic carbocycles. The van der Waals surface area contributed by atoms with Gasteiger partial charge in [-0.05, 0) is 58.1 Å². The molecule has 3 nitrogen and oxygen atoms in total. The van der Waals surface area contributed by atoms with E-state index in [1.807, 2.05) is 39.0 Å². The first-order valence-corrected chi connectivity index (χ1v) is 7.32. The van der Waals surface area contributed by atoms with E-state index in [0.717, 1.165) is 31.4 Å². The van der Waals surface area contributed by atoms with E-state index in [-0.39, 0.29) is 11.5 Å². The van der Waals surface area contributed by atoms with Gasteiger partial charge in [0, 0.05) is 6.04 Å². The van der Waals surface area contributed by atoms with Gasteiger partial charge in [0.15, 0.2) is 0 Å². The molecule has 0 saturated heterocycles. The van der Waals surface area contributed by atoms with Crippen LogP contribution in [0, 0.1) is 16.7 Å². The number of rotatable bonds is 8. The Bertz CT molecular complexity index is 447. The van der Waals surface area contributed by atoms with E-state index in [0.29, 0.717) is 6.61 Å². The molecule has 1 aromatic rings. The normalized spacial score (nSPS) is 12.8. The van der Waals surface area contributed by atoms with Crippen LogP contribution in [-0.4, -0.2) is 12.6 Å². The van der Waals surface area contributed by atoms with Crippen LogP contribution in [0.2, 0.25) is 0 Å². The van der Waals surface area contributed by atoms with Crippen molar-refractivity contribution in [2.45, 2.75) is 52.5 Å². The number of unbranched alkanes of at least 4 members (excludes halogenated alkanes) is 1. The molecule has 0 radical (unpaired) electrons. The zero-order valence-corrected chi connectivity index (χ0v) is 12.9. The molecule has 0 aliphatic rings. The minimum absolute atomic E-state index is 0.135. The molecular formula is C17H26N2O. The first-order chi connectivity index (χ1) is 9.44. The molecule has 1 atom stereocenters. The predicted octanol–water partition coefficient (Wildman–Crippen LogP) is 3.68. The molecule has 0 bridgehead atoms. The topological polar surface area (TPSA) is 59.0 Å². The van der Waals surface area contributed by atoms with Crippen LogP contribution in [0.25, 0.3) is 0 Å². The molecule has 110 valence electrons. The molecule has 3 heteroatoms. The molecule has 0 aliphatic heterocycles. The molecular weight excluding hydrogens is 248 g/mol. The highest BCUT2D eigenvalue weighted by molar-refractivity contribution is 5.33. The van der Waals surface area contributed by atoms with Gasteiger partial charge >= 0.3 is 0 Å². The molecule has 0 heterocycles. The van der Waals surface area contributed by atoms with Crippen molar-refractivity contribution in [2.24, 2.45) is 11.1 Å². The van der Waals surface area contributed by atoms with Crippen LogP contribution in [0.3, 0.4) is 0 Å². The maximum atomic E-state index is 8.96. The molecule has 0 spiro atoms. The van der Waals surface area contributed by atoms with Crippen molar-refractivity contribution in [3.05, 3.63) is 29.8 Å². The first kappa shape index (κ1) is 16.5. The van der Waals surface area contributed by atoms with Gasteiger partial charge in [-0.3, -0.25) is 0 Å². The molecule has 1 unspecified atom stereocenters. The van der Waals surface area contributed by atoms with Crippen molar-refractivity contribution in [3.8, 4) is 11.8 Å². The van der Waals surface area contributed by atoms with Crippen molar-refractivity contribution < 1.29 is 4.74 Å². The largest absolute Gasteiger partial charge is 0.493 e. The lowest BCUT2D eigenvalue weighted by Crippen LogP contribution is -2.18. The smallest absolute Gasteiger partial charge is 0.122 e. The van der Waals surface area contributed by atoms with Crippen LogP contribution in [0.1, 0.15) is 45.6 Å². The summed E-state index contributed by atoms with van der Waals surface area (Å²) in [5, 5.41) is 8.96. The zero-order chi connectivity index (χ0) is 15.0. The molecule has 1 aromatic carbocycles. The third-order valence-corrected chi connectivity index (χ3v) is 3.27. The van der Waals surface area contributed by atoms with Gasteiger partial charge < -0.3 is 10.5 Å². The van der Waals surface area contributed by atoms with E-state index in [9.17, 15) is 0 Å². The molecule has 0 fully saturated rings. The number of nitrogens with zero attached hydrogens (tertiary/aromatic N) is 1. The Labute approximate surface area is 122 Å². The Balaban J connectivity index is 2.37. The van der Waals surface area contributed by atoms with Crippen molar-refractivity contribution in [2.75, 3.05) is 6.61 Å². The fourth-order valence-electron chi connectivity index (χ4n) is 2.07. The van der Waals surface area contributed by atoms with Crippen LogP contribution in [-0.2, 0) is 6.42 Å². The fourth-order valence-corrected chi connectivity index (χ4v) is 2.07. The minimum atomic E-state index is -0.229. The third kappa shape index (κ3) is 6.08. The van der Waals surface area contributed by atoms with Crippen LogP contribution in [0.15, 0.2) is 24.3 Å². The second-order valence-corrected chi connectivity index (χ2v) is 6.09. The van der Waals surface area contributed by atoms with Crippen LogP contribution in [0.4, 0.5) is 0 Å². The van der Waals surface area contributed by atoms with E-state index in [1.165, 1.54) is 5.56 Å². The summed E-state index contributed by atoms with van der Waals surface area (Å²) in [7, 11) is 0. The summed E-state index contributed by atoms with van der Waals surface area (Å²) in [5.41, 5.74) is 6.78. The zero-order valence-electron chi connectivity index (χ0n) is 12.9. The summed E-state index contributed by atoms with van der Waals surface area (Å²) < 4.78 is 5.85. The van der Waals surface area contributed by atoms with Crippen LogP contribution in [0.5, 0.6) is 5.75 Å². The first-order valence-electron chi connectivity index (χ1n) is 7.32. The van der Waals surface area contributed by atoms with E-state index in [2.05, 4.69) is 12.1 Å². The molecule has 0 aromatic heterocycles. The van der Waals surface area contributed by atoms with Crippen molar-refractivity contribution >= 4 is 0 Å². The van der Waals surface area contributed by atoms with Gasteiger partial charge in [-0.1, -0.05) is 18.2 Å². The van der Waals surface area contributed by atoms with Gasteiger partial charge in [-0.2, -0.15) is 5.26 Å². The van der Waals surface area contributed by atoms with E-state index >= 15 is 0 Å². The fraction of sp³-hybridized carbons (Fsp3) is 0.588. The Morgan fingerprint density at radius 2 is 2.00 bits per heavy atom. The molecule has 1 rings (SSSR count). The predicted molar refractivity (Wildman–Crippen MR) is 82.5 cm³/mol. The second kappa shape index (κ2) is 7.91. The van der Waals surface area contributed by atoms with Crippen molar-refractivity contribution in [1.82, 2.24) is 0 Å². The van der Waals surface area contributed by atoms with E-state index in [4.69, 9.17) is 15.7 Å². The molecule has 20 heavy (non-hydrogen) atoms. The lowest BCUT2D eigenvalue weighted by molar-refractivity contribution is 0.292. The Morgan fingerprint density at radius 3 is 2.65 bits per heavy atom. The van der Waals surface area contributed by atoms with Gasteiger partial charge in [0.05, 0.1) is 18.1 Å². The summed E-state index contributed by atoms with van der Waals surface area (Å²) >= 11 is 0. The van der Waals surface area contributed by atoms with Gasteiger partial charge in [0.25, 0.3) is 0 Å². The Morgan fingerprint density at radius 1 is 1.30 bits per heavy atom. The SMILES string of the molecule is CC(N)Cc1ccccc1OCCCCC(C)(C)C#N. The number of nitriles is 1. The maximum absolute atomic E-state index is 8.96. The Kier molecular flexibility index (Phi) is 6.54. The summed E-state index contributed by atoms with van der Waals surface area (Å²) in [4.78, 5) is 0. The maximum Gasteiger partial charge on any atom is 0.122 e. The number of para-hydroxylation sites is 1. The van der Waals surface area contributed by atoms with Crippen LogP contribution >= 0.6 is 0 Å². The number of hydrogen-bond donors (Lipinski definition) is 1. The molecule has 0 amide bonds. The second-order valence-electron chi connectivity index (χ2n) is 6.09. The highest BCUT2D eigenvalue weighted by Gasteiger charge is 2.15. The minimum Gasteiger partial charge on any atom is -0.493 e. The summed E-state index contributed by atoms with van der Waals surface area (Å²) in [6.45, 7) is 6.65. The highest BCUT2D eigenvalue weighted by Crippen LogP contribution is 2.23. The summed E-state index contributed by atoms with van der Waals surface area (Å²) in [5.74, 6) is 0.935. The van der Waals surface area contributed by atoms with E-state index in [1.54, 1.807) is 0 Å². The standard InChI is InChI=1S/C17H26N2O/c1-14(19)12-15-8-4-5-9-16(15)20-11-7-6-10-17(2,3)13-18/h4-5,8-9,14H,6-7,10-12,19H2,1-3H3. The van der Waals surface area contributed by atoms with Crippen molar-refractivity contribution in [1.29, 1.82) is 5.26 Å². The number of hydrogen-bond acceptors (Lipinski definition) is 3. The Hall–Kier alpha value is -1.53. The van der Waals surface area contributed by atoms with Gasteiger partial charge in [0.2, 0.25) is 0 Å². The van der Waals surface area contributed by atoms with Gasteiger partial charge in [-0.15, -0.1) is 0 Å². The van der Waals surface area contributed by atoms with Crippen molar-refractivity contribution in [3.63, 3.8) is 0 Å². The van der Waals surface area contributed by atoms with E-state index < -0.39 is 0 Å².